The third-order valence-corrected chi connectivity index (χ3v) is 3.24. The maximum Gasteiger partial charge on any atom is 0.276 e. The normalized spacial score (nSPS) is 10.2. The van der Waals surface area contributed by atoms with Crippen LogP contribution in [0.2, 0.25) is 0 Å². The third-order valence-electron chi connectivity index (χ3n) is 2.02. The Labute approximate surface area is 85.0 Å². The zero-order valence-electron chi connectivity index (χ0n) is 7.72. The van der Waals surface area contributed by atoms with E-state index >= 15 is 0 Å². The predicted octanol–water partition coefficient (Wildman–Crippen LogP) is 3.28. The van der Waals surface area contributed by atoms with Crippen LogP contribution in [0, 0.1) is 30.9 Å². The van der Waals surface area contributed by atoms with Gasteiger partial charge in [0.15, 0.2) is 0 Å². The molecule has 0 N–H and O–H groups in total. The van der Waals surface area contributed by atoms with E-state index in [0.717, 1.165) is 10.0 Å². The number of aryl methyl sites for hydroxylation is 2. The van der Waals surface area contributed by atoms with E-state index in [1.807, 2.05) is 13.0 Å². The second-order valence-corrected chi connectivity index (χ2v) is 3.85. The molecular formula is C9H10BrNO2. The SMILES string of the molecule is Cc1cc(C)c([N+](=O)[O-])c(C)c1Br. The van der Waals surface area contributed by atoms with Gasteiger partial charge < -0.3 is 0 Å². The first-order chi connectivity index (χ1) is 5.95. The molecule has 3 nitrogen and oxygen atoms in total. The van der Waals surface area contributed by atoms with E-state index in [4.69, 9.17) is 0 Å². The molecule has 1 rings (SSSR count). The lowest BCUT2D eigenvalue weighted by Gasteiger charge is -2.06. The molecule has 13 heavy (non-hydrogen) atoms. The summed E-state index contributed by atoms with van der Waals surface area (Å²) in [6.45, 7) is 5.43. The average Bonchev–Trinajstić information content (AvgIpc) is 1.99. The highest BCUT2D eigenvalue weighted by Gasteiger charge is 2.17. The maximum absolute atomic E-state index is 10.7. The standard InChI is InChI=1S/C9H10BrNO2/c1-5-4-6(2)9(11(12)13)7(3)8(5)10/h4H,1-3H3. The third kappa shape index (κ3) is 1.72. The lowest BCUT2D eigenvalue weighted by atomic mass is 10.1. The van der Waals surface area contributed by atoms with Crippen molar-refractivity contribution >= 4 is 21.6 Å². The van der Waals surface area contributed by atoms with Crippen LogP contribution in [0.25, 0.3) is 0 Å². The summed E-state index contributed by atoms with van der Waals surface area (Å²) in [6, 6.07) is 1.81. The minimum Gasteiger partial charge on any atom is -0.258 e. The second-order valence-electron chi connectivity index (χ2n) is 3.06. The molecule has 4 heteroatoms. The van der Waals surface area contributed by atoms with Crippen molar-refractivity contribution in [2.24, 2.45) is 0 Å². The molecule has 0 aliphatic carbocycles. The minimum absolute atomic E-state index is 0.206. The van der Waals surface area contributed by atoms with E-state index in [2.05, 4.69) is 15.9 Å². The van der Waals surface area contributed by atoms with Gasteiger partial charge in [0.1, 0.15) is 0 Å². The minimum atomic E-state index is -0.338. The Bertz CT molecular complexity index is 374. The number of benzene rings is 1. The van der Waals surface area contributed by atoms with Crippen molar-refractivity contribution in [1.29, 1.82) is 0 Å². The van der Waals surface area contributed by atoms with Crippen molar-refractivity contribution in [2.75, 3.05) is 0 Å². The molecule has 0 saturated carbocycles. The molecule has 0 fully saturated rings. The Morgan fingerprint density at radius 3 is 2.31 bits per heavy atom. The molecule has 0 spiro atoms. The van der Waals surface area contributed by atoms with Crippen LogP contribution in [0.1, 0.15) is 16.7 Å². The van der Waals surface area contributed by atoms with E-state index in [1.54, 1.807) is 13.8 Å². The second kappa shape index (κ2) is 3.46. The molecule has 0 unspecified atom stereocenters. The summed E-state index contributed by atoms with van der Waals surface area (Å²) in [5, 5.41) is 10.7. The quantitative estimate of drug-likeness (QED) is 0.562. The fourth-order valence-electron chi connectivity index (χ4n) is 1.43. The highest BCUT2D eigenvalue weighted by molar-refractivity contribution is 9.10. The monoisotopic (exact) mass is 243 g/mol. The number of nitrogens with zero attached hydrogens (tertiary/aromatic N) is 1. The molecule has 0 aliphatic heterocycles. The number of hydrogen-bond acceptors (Lipinski definition) is 2. The van der Waals surface area contributed by atoms with Gasteiger partial charge in [0, 0.05) is 15.6 Å². The van der Waals surface area contributed by atoms with Crippen molar-refractivity contribution in [3.05, 3.63) is 37.3 Å². The summed E-state index contributed by atoms with van der Waals surface area (Å²) in [5.74, 6) is 0. The largest absolute Gasteiger partial charge is 0.276 e. The van der Waals surface area contributed by atoms with Crippen LogP contribution in [0.4, 0.5) is 5.69 Å². The van der Waals surface area contributed by atoms with Gasteiger partial charge in [-0.1, -0.05) is 0 Å². The highest BCUT2D eigenvalue weighted by Crippen LogP contribution is 2.31. The number of nitro benzene ring substituents is 1. The zero-order chi connectivity index (χ0) is 10.2. The van der Waals surface area contributed by atoms with Crippen LogP contribution >= 0.6 is 15.9 Å². The molecule has 1 aromatic rings. The Kier molecular flexibility index (Phi) is 2.71. The molecule has 0 aliphatic rings. The fourth-order valence-corrected chi connectivity index (χ4v) is 1.74. The summed E-state index contributed by atoms with van der Waals surface area (Å²) in [5.41, 5.74) is 2.64. The van der Waals surface area contributed by atoms with Crippen molar-refractivity contribution in [2.45, 2.75) is 20.8 Å². The van der Waals surface area contributed by atoms with Gasteiger partial charge in [-0.3, -0.25) is 10.1 Å². The van der Waals surface area contributed by atoms with Crippen LogP contribution < -0.4 is 0 Å². The van der Waals surface area contributed by atoms with Crippen molar-refractivity contribution in [1.82, 2.24) is 0 Å². The summed E-state index contributed by atoms with van der Waals surface area (Å²) in [7, 11) is 0. The molecule has 0 aromatic heterocycles. The zero-order valence-corrected chi connectivity index (χ0v) is 9.31. The lowest BCUT2D eigenvalue weighted by molar-refractivity contribution is -0.386. The van der Waals surface area contributed by atoms with Gasteiger partial charge in [0.2, 0.25) is 0 Å². The first-order valence-electron chi connectivity index (χ1n) is 3.86. The topological polar surface area (TPSA) is 43.1 Å². The predicted molar refractivity (Wildman–Crippen MR) is 55.0 cm³/mol. The molecule has 0 atom stereocenters. The average molecular weight is 244 g/mol. The number of halogens is 1. The van der Waals surface area contributed by atoms with Crippen molar-refractivity contribution < 1.29 is 4.92 Å². The van der Waals surface area contributed by atoms with E-state index in [-0.39, 0.29) is 10.6 Å². The van der Waals surface area contributed by atoms with Gasteiger partial charge in [-0.25, -0.2) is 0 Å². The Hall–Kier alpha value is -0.900. The van der Waals surface area contributed by atoms with Gasteiger partial charge in [0.25, 0.3) is 5.69 Å². The molecule has 0 radical (unpaired) electrons. The Morgan fingerprint density at radius 1 is 1.31 bits per heavy atom. The molecule has 0 amide bonds. The van der Waals surface area contributed by atoms with Gasteiger partial charge in [0.05, 0.1) is 4.92 Å². The number of rotatable bonds is 1. The van der Waals surface area contributed by atoms with Gasteiger partial charge in [-0.05, 0) is 48.3 Å². The van der Waals surface area contributed by atoms with Crippen molar-refractivity contribution in [3.8, 4) is 0 Å². The van der Waals surface area contributed by atoms with Crippen LogP contribution in [-0.4, -0.2) is 4.92 Å². The van der Waals surface area contributed by atoms with Crippen LogP contribution in [0.15, 0.2) is 10.5 Å². The Balaban J connectivity index is 3.53. The van der Waals surface area contributed by atoms with E-state index in [9.17, 15) is 10.1 Å². The fraction of sp³-hybridized carbons (Fsp3) is 0.333. The highest BCUT2D eigenvalue weighted by atomic mass is 79.9. The smallest absolute Gasteiger partial charge is 0.258 e. The van der Waals surface area contributed by atoms with Crippen molar-refractivity contribution in [3.63, 3.8) is 0 Å². The first-order valence-corrected chi connectivity index (χ1v) is 4.65. The summed E-state index contributed by atoms with van der Waals surface area (Å²) < 4.78 is 0.824. The molecule has 70 valence electrons. The lowest BCUT2D eigenvalue weighted by Crippen LogP contribution is -1.97. The van der Waals surface area contributed by atoms with Gasteiger partial charge >= 0.3 is 0 Å². The maximum atomic E-state index is 10.7. The molecular weight excluding hydrogens is 234 g/mol. The summed E-state index contributed by atoms with van der Waals surface area (Å²) in [6.07, 6.45) is 0. The number of nitro groups is 1. The Morgan fingerprint density at radius 2 is 1.85 bits per heavy atom. The van der Waals surface area contributed by atoms with E-state index < -0.39 is 0 Å². The molecule has 1 aromatic carbocycles. The van der Waals surface area contributed by atoms with Gasteiger partial charge in [-0.2, -0.15) is 0 Å². The van der Waals surface area contributed by atoms with Gasteiger partial charge in [-0.15, -0.1) is 0 Å². The summed E-state index contributed by atoms with van der Waals surface area (Å²) >= 11 is 3.33. The number of hydrogen-bond donors (Lipinski definition) is 0. The first kappa shape index (κ1) is 10.2. The van der Waals surface area contributed by atoms with Crippen LogP contribution in [0.5, 0.6) is 0 Å². The molecule has 0 heterocycles. The van der Waals surface area contributed by atoms with Crippen LogP contribution in [-0.2, 0) is 0 Å². The molecule has 0 saturated heterocycles. The molecule has 0 bridgehead atoms. The van der Waals surface area contributed by atoms with E-state index in [0.29, 0.717) is 11.1 Å². The summed E-state index contributed by atoms with van der Waals surface area (Å²) in [4.78, 5) is 10.4. The van der Waals surface area contributed by atoms with Crippen LogP contribution in [0.3, 0.4) is 0 Å². The van der Waals surface area contributed by atoms with E-state index in [1.165, 1.54) is 0 Å².